The van der Waals surface area contributed by atoms with E-state index in [4.69, 9.17) is 0 Å². The second-order valence-electron chi connectivity index (χ2n) is 5.41. The maximum absolute atomic E-state index is 4.26. The first-order chi connectivity index (χ1) is 10.4. The summed E-state index contributed by atoms with van der Waals surface area (Å²) in [5.41, 5.74) is 0. The third-order valence-electron chi connectivity index (χ3n) is 3.83. The van der Waals surface area contributed by atoms with E-state index in [1.165, 1.54) is 30.8 Å². The van der Waals surface area contributed by atoms with Crippen molar-refractivity contribution in [1.82, 2.24) is 15.1 Å². The molecule has 1 saturated heterocycles. The molecule has 3 rings (SSSR count). The van der Waals surface area contributed by atoms with E-state index in [9.17, 15) is 0 Å². The number of likely N-dealkylation sites (tertiary alicyclic amines) is 1. The molecule has 1 aliphatic heterocycles. The summed E-state index contributed by atoms with van der Waals surface area (Å²) in [6.07, 6.45) is 4.79. The highest BCUT2D eigenvalue weighted by atomic mass is 32.1. The van der Waals surface area contributed by atoms with Gasteiger partial charge in [-0.05, 0) is 43.8 Å². The van der Waals surface area contributed by atoms with Gasteiger partial charge in [0.15, 0.2) is 0 Å². The lowest BCUT2D eigenvalue weighted by Crippen LogP contribution is -2.30. The second-order valence-corrected chi connectivity index (χ2v) is 7.45. The molecule has 0 bridgehead atoms. The minimum Gasteiger partial charge on any atom is -0.358 e. The van der Waals surface area contributed by atoms with Gasteiger partial charge in [-0.25, -0.2) is 0 Å². The van der Waals surface area contributed by atoms with E-state index in [0.717, 1.165) is 29.5 Å². The molecule has 0 radical (unpaired) electrons. The third kappa shape index (κ3) is 3.81. The minimum atomic E-state index is 0.464. The fourth-order valence-corrected chi connectivity index (χ4v) is 4.48. The highest BCUT2D eigenvalue weighted by Crippen LogP contribution is 2.29. The molecule has 114 valence electrons. The number of thiophene rings is 1. The highest BCUT2D eigenvalue weighted by Gasteiger charge is 2.24. The van der Waals surface area contributed by atoms with E-state index >= 15 is 0 Å². The van der Waals surface area contributed by atoms with Crippen molar-refractivity contribution in [2.75, 3.05) is 25.0 Å². The quantitative estimate of drug-likeness (QED) is 0.842. The zero-order chi connectivity index (χ0) is 14.5. The first-order valence-electron chi connectivity index (χ1n) is 7.70. The van der Waals surface area contributed by atoms with Gasteiger partial charge in [0.1, 0.15) is 5.01 Å². The third-order valence-corrected chi connectivity index (χ3v) is 5.74. The Labute approximate surface area is 134 Å². The van der Waals surface area contributed by atoms with E-state index in [2.05, 4.69) is 44.9 Å². The monoisotopic (exact) mass is 322 g/mol. The van der Waals surface area contributed by atoms with Crippen molar-refractivity contribution >= 4 is 27.8 Å². The number of hydrogen-bond acceptors (Lipinski definition) is 6. The molecule has 1 N–H and O–H groups in total. The molecule has 21 heavy (non-hydrogen) atoms. The second kappa shape index (κ2) is 7.33. The molecule has 0 saturated carbocycles. The number of aromatic nitrogens is 2. The average molecular weight is 323 g/mol. The highest BCUT2D eigenvalue weighted by molar-refractivity contribution is 7.15. The average Bonchev–Trinajstić information content (AvgIpc) is 3.22. The van der Waals surface area contributed by atoms with Crippen LogP contribution in [0, 0.1) is 0 Å². The predicted molar refractivity (Wildman–Crippen MR) is 90.3 cm³/mol. The van der Waals surface area contributed by atoms with Gasteiger partial charge in [0.25, 0.3) is 0 Å². The van der Waals surface area contributed by atoms with Crippen LogP contribution in [0.3, 0.4) is 0 Å². The molecule has 3 heterocycles. The smallest absolute Gasteiger partial charge is 0.205 e. The molecule has 1 fully saturated rings. The fraction of sp³-hybridized carbons (Fsp3) is 0.600. The van der Waals surface area contributed by atoms with Gasteiger partial charge in [0.2, 0.25) is 5.13 Å². The Morgan fingerprint density at radius 2 is 2.19 bits per heavy atom. The van der Waals surface area contributed by atoms with Crippen LogP contribution in [0.15, 0.2) is 17.5 Å². The SMILES string of the molecule is CCCc1nnc(NCC(c2cccs2)N2CCCC2)s1. The van der Waals surface area contributed by atoms with Crippen molar-refractivity contribution in [3.05, 3.63) is 27.4 Å². The Morgan fingerprint density at radius 1 is 1.33 bits per heavy atom. The molecule has 0 aromatic carbocycles. The number of aryl methyl sites for hydroxylation is 1. The molecule has 4 nitrogen and oxygen atoms in total. The van der Waals surface area contributed by atoms with Gasteiger partial charge >= 0.3 is 0 Å². The number of hydrogen-bond donors (Lipinski definition) is 1. The van der Waals surface area contributed by atoms with Crippen molar-refractivity contribution in [3.8, 4) is 0 Å². The van der Waals surface area contributed by atoms with Crippen LogP contribution in [0.1, 0.15) is 42.1 Å². The van der Waals surface area contributed by atoms with Crippen LogP contribution in [0.25, 0.3) is 0 Å². The Bertz CT molecular complexity index is 532. The summed E-state index contributed by atoms with van der Waals surface area (Å²) in [5, 5.41) is 16.3. The maximum atomic E-state index is 4.26. The Morgan fingerprint density at radius 3 is 2.90 bits per heavy atom. The first-order valence-corrected chi connectivity index (χ1v) is 9.40. The van der Waals surface area contributed by atoms with Gasteiger partial charge in [-0.2, -0.15) is 0 Å². The van der Waals surface area contributed by atoms with E-state index in [0.29, 0.717) is 6.04 Å². The van der Waals surface area contributed by atoms with Crippen LogP contribution in [0.4, 0.5) is 5.13 Å². The van der Waals surface area contributed by atoms with E-state index in [-0.39, 0.29) is 0 Å². The van der Waals surface area contributed by atoms with Crippen LogP contribution in [0.5, 0.6) is 0 Å². The normalized spacial score (nSPS) is 17.2. The lowest BCUT2D eigenvalue weighted by Gasteiger charge is -2.26. The molecule has 0 aliphatic carbocycles. The maximum Gasteiger partial charge on any atom is 0.205 e. The summed E-state index contributed by atoms with van der Waals surface area (Å²) in [6.45, 7) is 5.51. The zero-order valence-electron chi connectivity index (χ0n) is 12.4. The van der Waals surface area contributed by atoms with Crippen molar-refractivity contribution in [1.29, 1.82) is 0 Å². The lowest BCUT2D eigenvalue weighted by atomic mass is 10.2. The van der Waals surface area contributed by atoms with Crippen LogP contribution in [0.2, 0.25) is 0 Å². The molecular formula is C15H22N4S2. The summed E-state index contributed by atoms with van der Waals surface area (Å²) in [6, 6.07) is 4.86. The van der Waals surface area contributed by atoms with Gasteiger partial charge in [-0.15, -0.1) is 21.5 Å². The Kier molecular flexibility index (Phi) is 5.22. The molecule has 0 amide bonds. The molecule has 6 heteroatoms. The van der Waals surface area contributed by atoms with Crippen LogP contribution < -0.4 is 5.32 Å². The van der Waals surface area contributed by atoms with Gasteiger partial charge in [0, 0.05) is 17.8 Å². The van der Waals surface area contributed by atoms with Crippen molar-refractivity contribution in [2.45, 2.75) is 38.6 Å². The summed E-state index contributed by atoms with van der Waals surface area (Å²) in [5.74, 6) is 0. The van der Waals surface area contributed by atoms with Crippen LogP contribution in [-0.4, -0.2) is 34.7 Å². The zero-order valence-corrected chi connectivity index (χ0v) is 14.1. The van der Waals surface area contributed by atoms with Gasteiger partial charge in [0.05, 0.1) is 6.04 Å². The molecule has 1 atom stereocenters. The molecule has 2 aromatic heterocycles. The minimum absolute atomic E-state index is 0.464. The van der Waals surface area contributed by atoms with Crippen molar-refractivity contribution < 1.29 is 0 Å². The number of rotatable bonds is 7. The van der Waals surface area contributed by atoms with Crippen molar-refractivity contribution in [3.63, 3.8) is 0 Å². The van der Waals surface area contributed by atoms with E-state index in [1.54, 1.807) is 11.3 Å². The van der Waals surface area contributed by atoms with Gasteiger partial charge in [-0.3, -0.25) is 4.90 Å². The molecule has 1 aliphatic rings. The standard InChI is InChI=1S/C15H22N4S2/c1-2-6-14-17-18-15(21-14)16-11-12(13-7-5-10-20-13)19-8-3-4-9-19/h5,7,10,12H,2-4,6,8-9,11H2,1H3,(H,16,18). The van der Waals surface area contributed by atoms with Crippen molar-refractivity contribution in [2.24, 2.45) is 0 Å². The topological polar surface area (TPSA) is 41.1 Å². The predicted octanol–water partition coefficient (Wildman–Crippen LogP) is 3.80. The summed E-state index contributed by atoms with van der Waals surface area (Å²) < 4.78 is 0. The molecular weight excluding hydrogens is 300 g/mol. The lowest BCUT2D eigenvalue weighted by molar-refractivity contribution is 0.259. The van der Waals surface area contributed by atoms with E-state index < -0.39 is 0 Å². The van der Waals surface area contributed by atoms with Gasteiger partial charge in [-0.1, -0.05) is 24.3 Å². The summed E-state index contributed by atoms with van der Waals surface area (Å²) >= 11 is 3.54. The fourth-order valence-electron chi connectivity index (χ4n) is 2.77. The Balaban J connectivity index is 1.63. The summed E-state index contributed by atoms with van der Waals surface area (Å²) in [4.78, 5) is 4.04. The molecule has 0 spiro atoms. The first kappa shape index (κ1) is 14.9. The largest absolute Gasteiger partial charge is 0.358 e. The number of anilines is 1. The summed E-state index contributed by atoms with van der Waals surface area (Å²) in [7, 11) is 0. The molecule has 1 unspecified atom stereocenters. The van der Waals surface area contributed by atoms with Crippen LogP contribution in [-0.2, 0) is 6.42 Å². The molecule has 2 aromatic rings. The van der Waals surface area contributed by atoms with Crippen LogP contribution >= 0.6 is 22.7 Å². The number of nitrogens with one attached hydrogen (secondary N) is 1. The number of nitrogens with zero attached hydrogens (tertiary/aromatic N) is 3. The van der Waals surface area contributed by atoms with E-state index in [1.807, 2.05) is 11.3 Å². The Hall–Kier alpha value is -0.980. The van der Waals surface area contributed by atoms with Gasteiger partial charge < -0.3 is 5.32 Å².